The Morgan fingerprint density at radius 2 is 2.04 bits per heavy atom. The Kier molecular flexibility index (Phi) is 4.35. The Hall–Kier alpha value is -2.32. The summed E-state index contributed by atoms with van der Waals surface area (Å²) in [6, 6.07) is 7.19. The number of rotatable bonds is 5. The zero-order valence-electron chi connectivity index (χ0n) is 12.3. The van der Waals surface area contributed by atoms with Crippen molar-refractivity contribution in [3.8, 4) is 11.3 Å². The minimum absolute atomic E-state index is 0.0428. The highest BCUT2D eigenvalue weighted by atomic mass is 32.2. The van der Waals surface area contributed by atoms with E-state index in [9.17, 15) is 8.42 Å². The molecule has 3 heterocycles. The third kappa shape index (κ3) is 3.91. The van der Waals surface area contributed by atoms with E-state index >= 15 is 0 Å². The molecule has 8 heteroatoms. The summed E-state index contributed by atoms with van der Waals surface area (Å²) in [5, 5.41) is 5.28. The van der Waals surface area contributed by atoms with Crippen molar-refractivity contribution in [3.05, 3.63) is 53.1 Å². The molecule has 0 bridgehead atoms. The Morgan fingerprint density at radius 3 is 2.70 bits per heavy atom. The maximum absolute atomic E-state index is 11.4. The highest BCUT2D eigenvalue weighted by molar-refractivity contribution is 7.90. The molecule has 1 N–H and O–H groups in total. The Labute approximate surface area is 138 Å². The fourth-order valence-corrected chi connectivity index (χ4v) is 3.14. The molecule has 23 heavy (non-hydrogen) atoms. The molecule has 0 atom stereocenters. The van der Waals surface area contributed by atoms with E-state index in [1.807, 2.05) is 17.5 Å². The summed E-state index contributed by atoms with van der Waals surface area (Å²) in [6.45, 7) is 0.682. The number of hydrogen-bond donors (Lipinski definition) is 1. The zero-order chi connectivity index (χ0) is 16.3. The van der Waals surface area contributed by atoms with Gasteiger partial charge in [-0.15, -0.1) is 11.3 Å². The van der Waals surface area contributed by atoms with Crippen molar-refractivity contribution >= 4 is 27.0 Å². The molecule has 0 aromatic carbocycles. The zero-order valence-corrected chi connectivity index (χ0v) is 13.9. The lowest BCUT2D eigenvalue weighted by Crippen LogP contribution is -2.02. The van der Waals surface area contributed by atoms with E-state index in [-0.39, 0.29) is 5.03 Å². The number of hydrogen-bond acceptors (Lipinski definition) is 7. The van der Waals surface area contributed by atoms with Crippen molar-refractivity contribution in [1.29, 1.82) is 0 Å². The summed E-state index contributed by atoms with van der Waals surface area (Å²) < 4.78 is 22.9. The summed E-state index contributed by atoms with van der Waals surface area (Å²) >= 11 is 1.67. The first kappa shape index (κ1) is 15.6. The largest absolute Gasteiger partial charge is 0.364 e. The molecule has 0 fully saturated rings. The van der Waals surface area contributed by atoms with Crippen molar-refractivity contribution in [3.63, 3.8) is 0 Å². The molecule has 0 saturated carbocycles. The van der Waals surface area contributed by atoms with Crippen molar-refractivity contribution < 1.29 is 8.42 Å². The summed E-state index contributed by atoms with van der Waals surface area (Å²) in [4.78, 5) is 13.8. The van der Waals surface area contributed by atoms with Crippen LogP contribution in [0.15, 0.2) is 53.3 Å². The molecule has 0 saturated heterocycles. The maximum Gasteiger partial charge on any atom is 0.192 e. The molecule has 118 valence electrons. The van der Waals surface area contributed by atoms with Crippen molar-refractivity contribution in [2.45, 2.75) is 11.6 Å². The first-order chi connectivity index (χ1) is 11.0. The molecule has 6 nitrogen and oxygen atoms in total. The van der Waals surface area contributed by atoms with Gasteiger partial charge in [0.2, 0.25) is 0 Å². The van der Waals surface area contributed by atoms with Gasteiger partial charge in [-0.2, -0.15) is 0 Å². The van der Waals surface area contributed by atoms with Crippen molar-refractivity contribution in [2.75, 3.05) is 11.6 Å². The number of anilines is 1. The molecule has 0 radical (unpaired) electrons. The number of nitrogens with zero attached hydrogens (tertiary/aromatic N) is 3. The van der Waals surface area contributed by atoms with E-state index in [1.165, 1.54) is 17.1 Å². The van der Waals surface area contributed by atoms with Gasteiger partial charge in [0.25, 0.3) is 0 Å². The normalized spacial score (nSPS) is 11.3. The number of nitrogens with one attached hydrogen (secondary N) is 1. The van der Waals surface area contributed by atoms with Gasteiger partial charge in [-0.25, -0.2) is 18.4 Å². The van der Waals surface area contributed by atoms with Gasteiger partial charge in [0, 0.05) is 22.9 Å². The van der Waals surface area contributed by atoms with Crippen LogP contribution in [-0.2, 0) is 16.4 Å². The van der Waals surface area contributed by atoms with Crippen LogP contribution in [0.4, 0.5) is 5.82 Å². The van der Waals surface area contributed by atoms with Gasteiger partial charge in [0.05, 0.1) is 24.6 Å². The lowest BCUT2D eigenvalue weighted by Gasteiger charge is -2.06. The maximum atomic E-state index is 11.4. The standard InChI is InChI=1S/C15H14N4O2S2/c1-23(20,21)15-5-4-11(7-18-15)13-9-16-10-14(19-13)17-8-12-3-2-6-22-12/h2-7,9-10H,8H2,1H3,(H,17,19). The van der Waals surface area contributed by atoms with Gasteiger partial charge in [0.1, 0.15) is 5.82 Å². The second-order valence-electron chi connectivity index (χ2n) is 4.88. The third-order valence-corrected chi connectivity index (χ3v) is 4.95. The van der Waals surface area contributed by atoms with E-state index in [4.69, 9.17) is 0 Å². The predicted molar refractivity (Wildman–Crippen MR) is 90.0 cm³/mol. The first-order valence-corrected chi connectivity index (χ1v) is 9.54. The SMILES string of the molecule is CS(=O)(=O)c1ccc(-c2cncc(NCc3cccs3)n2)cn1. The Balaban J connectivity index is 1.79. The fourth-order valence-electron chi connectivity index (χ4n) is 1.93. The summed E-state index contributed by atoms with van der Waals surface area (Å²) in [6.07, 6.45) is 5.89. The van der Waals surface area contributed by atoms with Gasteiger partial charge in [-0.05, 0) is 23.6 Å². The van der Waals surface area contributed by atoms with Gasteiger partial charge in [0.15, 0.2) is 14.9 Å². The fraction of sp³-hybridized carbons (Fsp3) is 0.133. The van der Waals surface area contributed by atoms with Crippen LogP contribution in [0.3, 0.4) is 0 Å². The molecule has 0 aliphatic heterocycles. The molecule has 0 aliphatic rings. The molecule has 0 unspecified atom stereocenters. The van der Waals surface area contributed by atoms with Crippen molar-refractivity contribution in [1.82, 2.24) is 15.0 Å². The number of aromatic nitrogens is 3. The first-order valence-electron chi connectivity index (χ1n) is 6.77. The van der Waals surface area contributed by atoms with Crippen LogP contribution < -0.4 is 5.32 Å². The minimum atomic E-state index is -3.30. The molecule has 3 rings (SSSR count). The van der Waals surface area contributed by atoms with Gasteiger partial charge < -0.3 is 5.32 Å². The van der Waals surface area contributed by atoms with Crippen LogP contribution in [0, 0.1) is 0 Å². The van der Waals surface area contributed by atoms with E-state index in [1.54, 1.807) is 29.8 Å². The lowest BCUT2D eigenvalue weighted by atomic mass is 10.2. The minimum Gasteiger partial charge on any atom is -0.364 e. The van der Waals surface area contributed by atoms with Crippen LogP contribution in [0.5, 0.6) is 0 Å². The summed E-state index contributed by atoms with van der Waals surface area (Å²) in [5.41, 5.74) is 1.35. The van der Waals surface area contributed by atoms with E-state index in [0.717, 1.165) is 6.26 Å². The average Bonchev–Trinajstić information content (AvgIpc) is 3.06. The molecule has 3 aromatic heterocycles. The Bertz CT molecular complexity index is 891. The smallest absolute Gasteiger partial charge is 0.192 e. The van der Waals surface area contributed by atoms with E-state index in [2.05, 4.69) is 20.3 Å². The quantitative estimate of drug-likeness (QED) is 0.764. The van der Waals surface area contributed by atoms with Gasteiger partial charge in [-0.1, -0.05) is 6.07 Å². The average molecular weight is 346 g/mol. The lowest BCUT2D eigenvalue weighted by molar-refractivity contribution is 0.598. The van der Waals surface area contributed by atoms with Crippen LogP contribution in [0.25, 0.3) is 11.3 Å². The van der Waals surface area contributed by atoms with Crippen LogP contribution >= 0.6 is 11.3 Å². The van der Waals surface area contributed by atoms with Gasteiger partial charge >= 0.3 is 0 Å². The predicted octanol–water partition coefficient (Wildman–Crippen LogP) is 2.62. The van der Waals surface area contributed by atoms with Gasteiger partial charge in [-0.3, -0.25) is 4.98 Å². The third-order valence-electron chi connectivity index (χ3n) is 3.07. The molecular formula is C15H14N4O2S2. The number of thiophene rings is 1. The summed E-state index contributed by atoms with van der Waals surface area (Å²) in [5.74, 6) is 0.656. The van der Waals surface area contributed by atoms with Crippen LogP contribution in [-0.4, -0.2) is 29.6 Å². The second kappa shape index (κ2) is 6.43. The van der Waals surface area contributed by atoms with Crippen LogP contribution in [0.2, 0.25) is 0 Å². The monoisotopic (exact) mass is 346 g/mol. The van der Waals surface area contributed by atoms with E-state index < -0.39 is 9.84 Å². The Morgan fingerprint density at radius 1 is 1.17 bits per heavy atom. The molecular weight excluding hydrogens is 332 g/mol. The molecule has 0 aliphatic carbocycles. The number of pyridine rings is 1. The molecule has 3 aromatic rings. The van der Waals surface area contributed by atoms with Crippen molar-refractivity contribution in [2.24, 2.45) is 0 Å². The highest BCUT2D eigenvalue weighted by Crippen LogP contribution is 2.19. The topological polar surface area (TPSA) is 84.8 Å². The molecule has 0 spiro atoms. The van der Waals surface area contributed by atoms with Crippen LogP contribution in [0.1, 0.15) is 4.88 Å². The summed E-state index contributed by atoms with van der Waals surface area (Å²) in [7, 11) is -3.30. The molecule has 0 amide bonds. The number of sulfone groups is 1. The highest BCUT2D eigenvalue weighted by Gasteiger charge is 2.09. The van der Waals surface area contributed by atoms with E-state index in [0.29, 0.717) is 23.6 Å². The second-order valence-corrected chi connectivity index (χ2v) is 7.87.